The summed E-state index contributed by atoms with van der Waals surface area (Å²) in [4.78, 5) is 30.1. The first-order valence-corrected chi connectivity index (χ1v) is 10.7. The molecule has 0 saturated carbocycles. The fourth-order valence-electron chi connectivity index (χ4n) is 4.10. The molecule has 8 heteroatoms. The van der Waals surface area contributed by atoms with Crippen LogP contribution in [0.2, 0.25) is 0 Å². The van der Waals surface area contributed by atoms with Crippen molar-refractivity contribution in [3.8, 4) is 0 Å². The van der Waals surface area contributed by atoms with Crippen molar-refractivity contribution in [2.24, 2.45) is 0 Å². The molecule has 1 fully saturated rings. The maximum atomic E-state index is 12.8. The molecule has 4 rings (SSSR count). The Hall–Kier alpha value is -2.19. The molecule has 2 aliphatic heterocycles. The summed E-state index contributed by atoms with van der Waals surface area (Å²) in [6, 6.07) is -0.0878. The highest BCUT2D eigenvalue weighted by Crippen LogP contribution is 2.30. The number of amides is 2. The maximum Gasteiger partial charge on any atom is 0.252 e. The highest BCUT2D eigenvalue weighted by Gasteiger charge is 2.31. The van der Waals surface area contributed by atoms with Gasteiger partial charge >= 0.3 is 0 Å². The largest absolute Gasteiger partial charge is 0.361 e. The Morgan fingerprint density at radius 2 is 2.25 bits per heavy atom. The zero-order chi connectivity index (χ0) is 19.8. The van der Waals surface area contributed by atoms with Crippen molar-refractivity contribution in [3.63, 3.8) is 0 Å². The van der Waals surface area contributed by atoms with Crippen molar-refractivity contribution in [2.45, 2.75) is 52.7 Å². The number of aromatic nitrogens is 1. The lowest BCUT2D eigenvalue weighted by Gasteiger charge is -2.27. The normalized spacial score (nSPS) is 19.9. The molecule has 0 aromatic carbocycles. The third kappa shape index (κ3) is 3.58. The molecule has 2 aromatic heterocycles. The molecule has 1 atom stereocenters. The number of carbonyl (C=O) groups is 2. The predicted octanol–water partition coefficient (Wildman–Crippen LogP) is 2.26. The van der Waals surface area contributed by atoms with Gasteiger partial charge in [-0.2, -0.15) is 0 Å². The molecule has 150 valence electrons. The van der Waals surface area contributed by atoms with E-state index in [0.717, 1.165) is 54.2 Å². The van der Waals surface area contributed by atoms with E-state index in [1.807, 2.05) is 26.2 Å². The fraction of sp³-hybridized carbons (Fsp3) is 0.550. The first-order valence-electron chi connectivity index (χ1n) is 9.78. The predicted molar refractivity (Wildman–Crippen MR) is 106 cm³/mol. The van der Waals surface area contributed by atoms with Crippen molar-refractivity contribution in [3.05, 3.63) is 38.4 Å². The lowest BCUT2D eigenvalue weighted by Crippen LogP contribution is -2.38. The molecule has 2 aromatic rings. The second-order valence-corrected chi connectivity index (χ2v) is 8.59. The average Bonchev–Trinajstić information content (AvgIpc) is 3.34. The summed E-state index contributed by atoms with van der Waals surface area (Å²) in [5, 5.41) is 9.07. The van der Waals surface area contributed by atoms with Crippen LogP contribution < -0.4 is 5.32 Å². The number of likely N-dealkylation sites (tertiary alicyclic amines) is 1. The number of likely N-dealkylation sites (N-methyl/N-ethyl adjacent to an activating group) is 1. The molecule has 0 spiro atoms. The number of fused-ring (bicyclic) bond motifs is 1. The highest BCUT2D eigenvalue weighted by molar-refractivity contribution is 7.10. The number of nitrogens with one attached hydrogen (secondary N) is 1. The second kappa shape index (κ2) is 7.67. The van der Waals surface area contributed by atoms with Crippen LogP contribution in [0.15, 0.2) is 9.90 Å². The van der Waals surface area contributed by atoms with E-state index in [9.17, 15) is 9.59 Å². The van der Waals surface area contributed by atoms with Crippen LogP contribution in [0.4, 0.5) is 0 Å². The van der Waals surface area contributed by atoms with Crippen molar-refractivity contribution < 1.29 is 14.1 Å². The maximum absolute atomic E-state index is 12.8. The molecule has 2 amide bonds. The van der Waals surface area contributed by atoms with Gasteiger partial charge in [-0.15, -0.1) is 11.3 Å². The molecular formula is C20H26N4O3S. The Morgan fingerprint density at radius 3 is 2.93 bits per heavy atom. The number of nitrogens with zero attached hydrogens (tertiary/aromatic N) is 3. The third-order valence-electron chi connectivity index (χ3n) is 5.76. The van der Waals surface area contributed by atoms with Crippen LogP contribution in [-0.4, -0.2) is 52.4 Å². The Bertz CT molecular complexity index is 884. The van der Waals surface area contributed by atoms with Gasteiger partial charge in [0.25, 0.3) is 5.91 Å². The second-order valence-electron chi connectivity index (χ2n) is 7.62. The van der Waals surface area contributed by atoms with Crippen molar-refractivity contribution in [1.82, 2.24) is 20.3 Å². The van der Waals surface area contributed by atoms with Gasteiger partial charge in [-0.05, 0) is 32.8 Å². The van der Waals surface area contributed by atoms with Gasteiger partial charge in [0.1, 0.15) is 5.76 Å². The first kappa shape index (κ1) is 19.1. The Morgan fingerprint density at radius 1 is 1.43 bits per heavy atom. The number of hydrogen-bond donors (Lipinski definition) is 1. The summed E-state index contributed by atoms with van der Waals surface area (Å²) in [6.07, 6.45) is 1.26. The quantitative estimate of drug-likeness (QED) is 0.830. The number of hydrogen-bond acceptors (Lipinski definition) is 6. The van der Waals surface area contributed by atoms with Crippen LogP contribution in [0.3, 0.4) is 0 Å². The van der Waals surface area contributed by atoms with E-state index in [1.54, 1.807) is 16.2 Å². The van der Waals surface area contributed by atoms with Crippen LogP contribution in [0.5, 0.6) is 0 Å². The molecular weight excluding hydrogens is 376 g/mol. The van der Waals surface area contributed by atoms with Crippen LogP contribution >= 0.6 is 11.3 Å². The van der Waals surface area contributed by atoms with Crippen LogP contribution in [0, 0.1) is 13.8 Å². The molecule has 1 N–H and O–H groups in total. The van der Waals surface area contributed by atoms with Gasteiger partial charge in [0, 0.05) is 55.0 Å². The van der Waals surface area contributed by atoms with E-state index >= 15 is 0 Å². The SMILES string of the molecule is CCN1CC(NC(=O)c2csc3c2CCN(Cc2c(C)noc2C)C3)CC1=O. The zero-order valence-electron chi connectivity index (χ0n) is 16.6. The van der Waals surface area contributed by atoms with Crippen molar-refractivity contribution in [2.75, 3.05) is 19.6 Å². The third-order valence-corrected chi connectivity index (χ3v) is 6.78. The molecule has 0 radical (unpaired) electrons. The smallest absolute Gasteiger partial charge is 0.252 e. The zero-order valence-corrected chi connectivity index (χ0v) is 17.4. The summed E-state index contributed by atoms with van der Waals surface area (Å²) >= 11 is 1.65. The fourth-order valence-corrected chi connectivity index (χ4v) is 5.22. The van der Waals surface area contributed by atoms with E-state index in [0.29, 0.717) is 19.5 Å². The Kier molecular flexibility index (Phi) is 5.25. The average molecular weight is 403 g/mol. The summed E-state index contributed by atoms with van der Waals surface area (Å²) < 4.78 is 5.27. The molecule has 7 nitrogen and oxygen atoms in total. The molecule has 1 unspecified atom stereocenters. The van der Waals surface area contributed by atoms with Crippen LogP contribution in [0.1, 0.15) is 51.2 Å². The van der Waals surface area contributed by atoms with Gasteiger partial charge in [0.15, 0.2) is 0 Å². The molecule has 2 aliphatic rings. The lowest BCUT2D eigenvalue weighted by atomic mass is 10.0. The van der Waals surface area contributed by atoms with Crippen molar-refractivity contribution in [1.29, 1.82) is 0 Å². The molecule has 0 aliphatic carbocycles. The number of carbonyl (C=O) groups excluding carboxylic acids is 2. The van der Waals surface area contributed by atoms with Gasteiger partial charge in [0.05, 0.1) is 17.3 Å². The van der Waals surface area contributed by atoms with E-state index in [-0.39, 0.29) is 17.9 Å². The molecule has 1 saturated heterocycles. The standard InChI is InChI=1S/C20H26N4O3S/c1-4-24-8-14(7-19(24)25)21-20(26)17-11-28-18-10-23(6-5-15(17)18)9-16-12(2)22-27-13(16)3/h11,14H,4-10H2,1-3H3,(H,21,26). The van der Waals surface area contributed by atoms with Crippen molar-refractivity contribution >= 4 is 23.2 Å². The summed E-state index contributed by atoms with van der Waals surface area (Å²) in [6.45, 7) is 9.75. The monoisotopic (exact) mass is 402 g/mol. The van der Waals surface area contributed by atoms with Gasteiger partial charge in [-0.1, -0.05) is 5.16 Å². The molecule has 28 heavy (non-hydrogen) atoms. The molecule has 0 bridgehead atoms. The van der Waals surface area contributed by atoms with Gasteiger partial charge in [0.2, 0.25) is 5.91 Å². The van der Waals surface area contributed by atoms with Gasteiger partial charge in [-0.25, -0.2) is 0 Å². The first-order chi connectivity index (χ1) is 13.5. The summed E-state index contributed by atoms with van der Waals surface area (Å²) in [7, 11) is 0. The topological polar surface area (TPSA) is 78.7 Å². The van der Waals surface area contributed by atoms with E-state index in [4.69, 9.17) is 4.52 Å². The van der Waals surface area contributed by atoms with Gasteiger partial charge < -0.3 is 14.7 Å². The Labute approximate surface area is 168 Å². The van der Waals surface area contributed by atoms with E-state index in [1.165, 1.54) is 4.88 Å². The summed E-state index contributed by atoms with van der Waals surface area (Å²) in [5.41, 5.74) is 4.04. The highest BCUT2D eigenvalue weighted by atomic mass is 32.1. The van der Waals surface area contributed by atoms with Crippen LogP contribution in [0.25, 0.3) is 0 Å². The minimum absolute atomic E-state index is 0.0487. The van der Waals surface area contributed by atoms with E-state index < -0.39 is 0 Å². The number of aryl methyl sites for hydroxylation is 2. The summed E-state index contributed by atoms with van der Waals surface area (Å²) in [5.74, 6) is 0.948. The lowest BCUT2D eigenvalue weighted by molar-refractivity contribution is -0.127. The van der Waals surface area contributed by atoms with E-state index in [2.05, 4.69) is 15.4 Å². The molecule has 4 heterocycles. The van der Waals surface area contributed by atoms with Crippen LogP contribution in [-0.2, 0) is 24.3 Å². The van der Waals surface area contributed by atoms with Gasteiger partial charge in [-0.3, -0.25) is 14.5 Å². The number of thiophene rings is 1. The minimum atomic E-state index is -0.0878. The minimum Gasteiger partial charge on any atom is -0.361 e. The Balaban J connectivity index is 1.41. The number of rotatable bonds is 5.